The maximum atomic E-state index is 5.95. The summed E-state index contributed by atoms with van der Waals surface area (Å²) in [7, 11) is 2.10. The van der Waals surface area contributed by atoms with Crippen molar-refractivity contribution in [1.29, 1.82) is 0 Å². The molecule has 0 atom stereocenters. The molecule has 0 aromatic carbocycles. The van der Waals surface area contributed by atoms with Gasteiger partial charge in [0.25, 0.3) is 0 Å². The Morgan fingerprint density at radius 3 is 2.90 bits per heavy atom. The first-order valence-corrected chi connectivity index (χ1v) is 7.55. The molecular weight excluding hydrogens is 262 g/mol. The molecule has 0 aliphatic heterocycles. The Hall–Kier alpha value is -1.65. The molecule has 0 radical (unpaired) electrons. The van der Waals surface area contributed by atoms with Crippen LogP contribution in [-0.2, 0) is 19.6 Å². The van der Waals surface area contributed by atoms with E-state index in [4.69, 9.17) is 4.42 Å². The SMILES string of the molecule is CCCNCc1oc(CN(C)Cc2cccnc2)cc1C. The van der Waals surface area contributed by atoms with E-state index in [0.29, 0.717) is 0 Å². The Morgan fingerprint density at radius 1 is 1.33 bits per heavy atom. The first-order valence-electron chi connectivity index (χ1n) is 7.55. The molecule has 21 heavy (non-hydrogen) atoms. The van der Waals surface area contributed by atoms with Gasteiger partial charge in [0.05, 0.1) is 13.1 Å². The van der Waals surface area contributed by atoms with Gasteiger partial charge in [-0.1, -0.05) is 13.0 Å². The van der Waals surface area contributed by atoms with E-state index in [-0.39, 0.29) is 0 Å². The van der Waals surface area contributed by atoms with Gasteiger partial charge in [-0.15, -0.1) is 0 Å². The van der Waals surface area contributed by atoms with E-state index in [1.165, 1.54) is 11.1 Å². The van der Waals surface area contributed by atoms with E-state index >= 15 is 0 Å². The third kappa shape index (κ3) is 4.99. The van der Waals surface area contributed by atoms with Crippen molar-refractivity contribution in [2.45, 2.75) is 39.9 Å². The molecule has 0 saturated carbocycles. The van der Waals surface area contributed by atoms with Crippen LogP contribution in [0.2, 0.25) is 0 Å². The molecule has 0 spiro atoms. The summed E-state index contributed by atoms with van der Waals surface area (Å²) in [5.41, 5.74) is 2.44. The van der Waals surface area contributed by atoms with Crippen molar-refractivity contribution in [3.8, 4) is 0 Å². The second kappa shape index (κ2) is 7.96. The third-order valence-corrected chi connectivity index (χ3v) is 3.38. The number of hydrogen-bond acceptors (Lipinski definition) is 4. The van der Waals surface area contributed by atoms with Gasteiger partial charge in [0.15, 0.2) is 0 Å². The smallest absolute Gasteiger partial charge is 0.120 e. The van der Waals surface area contributed by atoms with Gasteiger partial charge in [-0.3, -0.25) is 9.88 Å². The van der Waals surface area contributed by atoms with E-state index in [1.54, 1.807) is 6.20 Å². The van der Waals surface area contributed by atoms with Gasteiger partial charge in [-0.25, -0.2) is 0 Å². The van der Waals surface area contributed by atoms with Crippen LogP contribution in [0.25, 0.3) is 0 Å². The summed E-state index contributed by atoms with van der Waals surface area (Å²) >= 11 is 0. The predicted octanol–water partition coefficient (Wildman–Crippen LogP) is 3.11. The van der Waals surface area contributed by atoms with Crippen LogP contribution in [0.1, 0.15) is 36.0 Å². The Labute approximate surface area is 127 Å². The molecule has 0 bridgehead atoms. The van der Waals surface area contributed by atoms with E-state index in [2.05, 4.69) is 48.2 Å². The van der Waals surface area contributed by atoms with Gasteiger partial charge in [-0.05, 0) is 50.2 Å². The number of nitrogens with zero attached hydrogens (tertiary/aromatic N) is 2. The summed E-state index contributed by atoms with van der Waals surface area (Å²) in [5, 5.41) is 3.38. The summed E-state index contributed by atoms with van der Waals surface area (Å²) < 4.78 is 5.95. The topological polar surface area (TPSA) is 41.3 Å². The number of nitrogens with one attached hydrogen (secondary N) is 1. The predicted molar refractivity (Wildman–Crippen MR) is 84.9 cm³/mol. The molecule has 2 rings (SSSR count). The van der Waals surface area contributed by atoms with E-state index in [9.17, 15) is 0 Å². The van der Waals surface area contributed by atoms with Gasteiger partial charge in [0.1, 0.15) is 11.5 Å². The van der Waals surface area contributed by atoms with Gasteiger partial charge in [0, 0.05) is 18.9 Å². The molecular formula is C17H25N3O. The van der Waals surface area contributed by atoms with Crippen molar-refractivity contribution < 1.29 is 4.42 Å². The highest BCUT2D eigenvalue weighted by atomic mass is 16.3. The maximum absolute atomic E-state index is 5.95. The molecule has 0 amide bonds. The zero-order valence-electron chi connectivity index (χ0n) is 13.2. The molecule has 2 heterocycles. The van der Waals surface area contributed by atoms with Gasteiger partial charge in [-0.2, -0.15) is 0 Å². The third-order valence-electron chi connectivity index (χ3n) is 3.38. The van der Waals surface area contributed by atoms with Crippen molar-refractivity contribution >= 4 is 0 Å². The Bertz CT molecular complexity index is 536. The lowest BCUT2D eigenvalue weighted by Crippen LogP contribution is -2.17. The minimum absolute atomic E-state index is 0.809. The second-order valence-corrected chi connectivity index (χ2v) is 5.53. The van der Waals surface area contributed by atoms with Gasteiger partial charge >= 0.3 is 0 Å². The number of furan rings is 1. The lowest BCUT2D eigenvalue weighted by atomic mass is 10.2. The van der Waals surface area contributed by atoms with Crippen LogP contribution >= 0.6 is 0 Å². The Morgan fingerprint density at radius 2 is 2.19 bits per heavy atom. The van der Waals surface area contributed by atoms with Crippen LogP contribution in [0.5, 0.6) is 0 Å². The lowest BCUT2D eigenvalue weighted by molar-refractivity contribution is 0.282. The fraction of sp³-hybridized carbons (Fsp3) is 0.471. The van der Waals surface area contributed by atoms with Crippen LogP contribution in [0.15, 0.2) is 35.0 Å². The molecule has 0 unspecified atom stereocenters. The molecule has 0 fully saturated rings. The molecule has 0 aliphatic rings. The Balaban J connectivity index is 1.89. The van der Waals surface area contributed by atoms with Crippen LogP contribution in [-0.4, -0.2) is 23.5 Å². The molecule has 114 valence electrons. The maximum Gasteiger partial charge on any atom is 0.120 e. The minimum atomic E-state index is 0.809. The quantitative estimate of drug-likeness (QED) is 0.757. The van der Waals surface area contributed by atoms with Crippen molar-refractivity contribution in [3.05, 3.63) is 53.2 Å². The second-order valence-electron chi connectivity index (χ2n) is 5.53. The number of pyridine rings is 1. The fourth-order valence-corrected chi connectivity index (χ4v) is 2.35. The van der Waals surface area contributed by atoms with Crippen LogP contribution in [0, 0.1) is 6.92 Å². The fourth-order valence-electron chi connectivity index (χ4n) is 2.35. The highest BCUT2D eigenvalue weighted by Crippen LogP contribution is 2.16. The van der Waals surface area contributed by atoms with Crippen LogP contribution in [0.4, 0.5) is 0 Å². The zero-order valence-corrected chi connectivity index (χ0v) is 13.2. The first-order chi connectivity index (χ1) is 10.2. The normalized spacial score (nSPS) is 11.2. The standard InChI is InChI=1S/C17H25N3O/c1-4-7-18-11-17-14(2)9-16(21-17)13-20(3)12-15-6-5-8-19-10-15/h5-6,8-10,18H,4,7,11-13H2,1-3H3. The summed E-state index contributed by atoms with van der Waals surface area (Å²) in [6, 6.07) is 6.21. The van der Waals surface area contributed by atoms with E-state index in [0.717, 1.165) is 44.1 Å². The van der Waals surface area contributed by atoms with Crippen molar-refractivity contribution in [2.75, 3.05) is 13.6 Å². The highest BCUT2D eigenvalue weighted by Gasteiger charge is 2.09. The molecule has 4 heteroatoms. The van der Waals surface area contributed by atoms with E-state index in [1.807, 2.05) is 12.3 Å². The Kier molecular flexibility index (Phi) is 5.96. The molecule has 4 nitrogen and oxygen atoms in total. The molecule has 0 saturated heterocycles. The monoisotopic (exact) mass is 287 g/mol. The van der Waals surface area contributed by atoms with Crippen LogP contribution in [0.3, 0.4) is 0 Å². The largest absolute Gasteiger partial charge is 0.463 e. The number of aromatic nitrogens is 1. The average Bonchev–Trinajstić information content (AvgIpc) is 2.80. The zero-order chi connectivity index (χ0) is 15.1. The first kappa shape index (κ1) is 15.7. The highest BCUT2D eigenvalue weighted by molar-refractivity contribution is 5.20. The van der Waals surface area contributed by atoms with E-state index < -0.39 is 0 Å². The molecule has 0 aliphatic carbocycles. The molecule has 1 N–H and O–H groups in total. The number of rotatable bonds is 8. The van der Waals surface area contributed by atoms with Crippen molar-refractivity contribution in [3.63, 3.8) is 0 Å². The summed E-state index contributed by atoms with van der Waals surface area (Å²) in [4.78, 5) is 6.38. The molecule has 2 aromatic heterocycles. The van der Waals surface area contributed by atoms with Crippen molar-refractivity contribution in [2.24, 2.45) is 0 Å². The van der Waals surface area contributed by atoms with Crippen LogP contribution < -0.4 is 5.32 Å². The van der Waals surface area contributed by atoms with Gasteiger partial charge in [0.2, 0.25) is 0 Å². The van der Waals surface area contributed by atoms with Gasteiger partial charge < -0.3 is 9.73 Å². The average molecular weight is 287 g/mol. The lowest BCUT2D eigenvalue weighted by Gasteiger charge is -2.14. The summed E-state index contributed by atoms with van der Waals surface area (Å²) in [6.45, 7) is 7.79. The number of aryl methyl sites for hydroxylation is 1. The molecule has 2 aromatic rings. The number of hydrogen-bond donors (Lipinski definition) is 1. The summed E-state index contributed by atoms with van der Waals surface area (Å²) in [5.74, 6) is 2.07. The van der Waals surface area contributed by atoms with Crippen molar-refractivity contribution in [1.82, 2.24) is 15.2 Å². The minimum Gasteiger partial charge on any atom is -0.463 e. The summed E-state index contributed by atoms with van der Waals surface area (Å²) in [6.07, 6.45) is 4.85.